The second kappa shape index (κ2) is 7.81. The van der Waals surface area contributed by atoms with E-state index in [1.165, 1.54) is 0 Å². The number of pyridine rings is 1. The maximum Gasteiger partial charge on any atom is 0.258 e. The van der Waals surface area contributed by atoms with Gasteiger partial charge in [-0.1, -0.05) is 5.16 Å². The zero-order valence-electron chi connectivity index (χ0n) is 15.1. The molecule has 0 unspecified atom stereocenters. The van der Waals surface area contributed by atoms with Gasteiger partial charge in [0.25, 0.3) is 5.89 Å². The largest absolute Gasteiger partial charge is 0.385 e. The summed E-state index contributed by atoms with van der Waals surface area (Å²) in [5.74, 6) is 1.18. The molecule has 0 bridgehead atoms. The Morgan fingerprint density at radius 1 is 1.27 bits per heavy atom. The highest BCUT2D eigenvalue weighted by Crippen LogP contribution is 2.38. The molecule has 0 atom stereocenters. The molecular formula is C17H24N4O4S. The molecule has 1 aliphatic rings. The highest BCUT2D eigenvalue weighted by atomic mass is 32.2. The van der Waals surface area contributed by atoms with E-state index in [2.05, 4.69) is 15.1 Å². The van der Waals surface area contributed by atoms with Gasteiger partial charge in [0, 0.05) is 50.2 Å². The lowest BCUT2D eigenvalue weighted by Gasteiger charge is -2.39. The first-order chi connectivity index (χ1) is 12.5. The molecule has 2 aromatic rings. The number of piperidine rings is 1. The summed E-state index contributed by atoms with van der Waals surface area (Å²) in [4.78, 5) is 8.60. The van der Waals surface area contributed by atoms with Crippen LogP contribution in [0.2, 0.25) is 0 Å². The molecule has 9 heteroatoms. The van der Waals surface area contributed by atoms with Gasteiger partial charge in [0.1, 0.15) is 0 Å². The van der Waals surface area contributed by atoms with Gasteiger partial charge in [0.2, 0.25) is 10.0 Å². The van der Waals surface area contributed by atoms with Crippen LogP contribution in [0.5, 0.6) is 0 Å². The summed E-state index contributed by atoms with van der Waals surface area (Å²) in [7, 11) is -1.53. The summed E-state index contributed by atoms with van der Waals surface area (Å²) in [6.07, 6.45) is 5.36. The van der Waals surface area contributed by atoms with E-state index in [1.807, 2.05) is 12.1 Å². The number of hydrogen-bond donors (Lipinski definition) is 0. The van der Waals surface area contributed by atoms with E-state index in [-0.39, 0.29) is 11.2 Å². The number of aromatic nitrogens is 3. The van der Waals surface area contributed by atoms with Crippen molar-refractivity contribution < 1.29 is 17.7 Å². The van der Waals surface area contributed by atoms with Crippen molar-refractivity contribution >= 4 is 10.0 Å². The zero-order valence-corrected chi connectivity index (χ0v) is 15.9. The van der Waals surface area contributed by atoms with Gasteiger partial charge in [-0.3, -0.25) is 4.98 Å². The molecule has 0 saturated carbocycles. The van der Waals surface area contributed by atoms with E-state index in [1.54, 1.807) is 30.7 Å². The number of nitrogens with zero attached hydrogens (tertiary/aromatic N) is 4. The maximum atomic E-state index is 12.2. The van der Waals surface area contributed by atoms with E-state index in [9.17, 15) is 8.42 Å². The van der Waals surface area contributed by atoms with Crippen LogP contribution >= 0.6 is 0 Å². The van der Waals surface area contributed by atoms with Gasteiger partial charge in [-0.2, -0.15) is 4.98 Å². The number of sulfonamides is 1. The molecule has 1 aliphatic heterocycles. The second-order valence-electron chi connectivity index (χ2n) is 6.48. The molecule has 142 valence electrons. The van der Waals surface area contributed by atoms with Gasteiger partial charge in [-0.15, -0.1) is 0 Å². The number of ether oxygens (including phenoxy) is 1. The Bertz CT molecular complexity index is 814. The molecule has 0 spiro atoms. The molecule has 1 fully saturated rings. The van der Waals surface area contributed by atoms with Gasteiger partial charge in [-0.05, 0) is 38.3 Å². The Kier molecular flexibility index (Phi) is 5.69. The third-order valence-electron chi connectivity index (χ3n) is 5.05. The van der Waals surface area contributed by atoms with Crippen molar-refractivity contribution in [3.05, 3.63) is 30.4 Å². The predicted octanol–water partition coefficient (Wildman–Crippen LogP) is 1.85. The van der Waals surface area contributed by atoms with Crippen LogP contribution in [0, 0.1) is 0 Å². The Hall–Kier alpha value is -1.84. The molecule has 0 aliphatic carbocycles. The van der Waals surface area contributed by atoms with Crippen LogP contribution in [0.15, 0.2) is 29.0 Å². The molecule has 0 amide bonds. The van der Waals surface area contributed by atoms with Crippen LogP contribution in [0.4, 0.5) is 0 Å². The van der Waals surface area contributed by atoms with Gasteiger partial charge < -0.3 is 9.26 Å². The van der Waals surface area contributed by atoms with Crippen LogP contribution in [-0.4, -0.2) is 60.4 Å². The minimum Gasteiger partial charge on any atom is -0.385 e. The molecule has 26 heavy (non-hydrogen) atoms. The van der Waals surface area contributed by atoms with E-state index in [4.69, 9.17) is 9.26 Å². The van der Waals surface area contributed by atoms with Crippen molar-refractivity contribution in [2.24, 2.45) is 0 Å². The summed E-state index contributed by atoms with van der Waals surface area (Å²) in [6.45, 7) is 3.14. The number of hydrogen-bond acceptors (Lipinski definition) is 7. The molecule has 1 saturated heterocycles. The summed E-state index contributed by atoms with van der Waals surface area (Å²) >= 11 is 0. The summed E-state index contributed by atoms with van der Waals surface area (Å²) in [5, 5.41) is 4.22. The average molecular weight is 380 g/mol. The highest BCUT2D eigenvalue weighted by molar-refractivity contribution is 7.89. The first-order valence-electron chi connectivity index (χ1n) is 8.72. The minimum absolute atomic E-state index is 0.118. The van der Waals surface area contributed by atoms with E-state index >= 15 is 0 Å². The van der Waals surface area contributed by atoms with Gasteiger partial charge in [0.15, 0.2) is 5.82 Å². The minimum atomic E-state index is -3.18. The van der Waals surface area contributed by atoms with Crippen LogP contribution in [-0.2, 0) is 20.2 Å². The van der Waals surface area contributed by atoms with Crippen molar-refractivity contribution in [3.63, 3.8) is 0 Å². The first-order valence-corrected chi connectivity index (χ1v) is 10.3. The van der Waals surface area contributed by atoms with Crippen LogP contribution in [0.1, 0.15) is 32.0 Å². The van der Waals surface area contributed by atoms with Crippen molar-refractivity contribution in [2.75, 3.05) is 32.6 Å². The van der Waals surface area contributed by atoms with Crippen molar-refractivity contribution in [2.45, 2.75) is 31.6 Å². The van der Waals surface area contributed by atoms with Gasteiger partial charge >= 0.3 is 0 Å². The van der Waals surface area contributed by atoms with E-state index < -0.39 is 10.0 Å². The lowest BCUT2D eigenvalue weighted by Crippen LogP contribution is -2.46. The fourth-order valence-electron chi connectivity index (χ4n) is 3.31. The standard InChI is InChI=1S/C17H24N4O4S/c1-3-26(22,23)21-11-6-17(7-12-21,8-13-24-2)16-19-15(25-20-16)14-4-9-18-10-5-14/h4-5,9-10H,3,6-8,11-13H2,1-2H3. The molecule has 8 nitrogen and oxygen atoms in total. The molecule has 3 heterocycles. The Morgan fingerprint density at radius 2 is 1.96 bits per heavy atom. The predicted molar refractivity (Wildman–Crippen MR) is 96.0 cm³/mol. The molecule has 0 N–H and O–H groups in total. The van der Waals surface area contributed by atoms with Gasteiger partial charge in [-0.25, -0.2) is 12.7 Å². The molecule has 2 aromatic heterocycles. The summed E-state index contributed by atoms with van der Waals surface area (Å²) < 4.78 is 36.6. The fraction of sp³-hybridized carbons (Fsp3) is 0.588. The Balaban J connectivity index is 1.84. The zero-order chi connectivity index (χ0) is 18.6. The van der Waals surface area contributed by atoms with Crippen LogP contribution in [0.3, 0.4) is 0 Å². The smallest absolute Gasteiger partial charge is 0.258 e. The average Bonchev–Trinajstić information content (AvgIpc) is 3.18. The fourth-order valence-corrected chi connectivity index (χ4v) is 4.41. The summed E-state index contributed by atoms with van der Waals surface area (Å²) in [5.41, 5.74) is 0.469. The van der Waals surface area contributed by atoms with Gasteiger partial charge in [0.05, 0.1) is 5.75 Å². The van der Waals surface area contributed by atoms with E-state index in [0.717, 1.165) is 12.0 Å². The Morgan fingerprint density at radius 3 is 2.58 bits per heavy atom. The van der Waals surface area contributed by atoms with Crippen LogP contribution < -0.4 is 0 Å². The van der Waals surface area contributed by atoms with Crippen molar-refractivity contribution in [1.82, 2.24) is 19.4 Å². The normalized spacial score (nSPS) is 18.1. The monoisotopic (exact) mass is 380 g/mol. The molecule has 0 radical (unpaired) electrons. The first kappa shape index (κ1) is 18.9. The number of rotatable bonds is 7. The SMILES string of the molecule is CCS(=O)(=O)N1CCC(CCOC)(c2noc(-c3ccncc3)n2)CC1. The topological polar surface area (TPSA) is 98.4 Å². The van der Waals surface area contributed by atoms with Crippen LogP contribution in [0.25, 0.3) is 11.5 Å². The van der Waals surface area contributed by atoms with Crippen molar-refractivity contribution in [1.29, 1.82) is 0 Å². The third kappa shape index (κ3) is 3.79. The lowest BCUT2D eigenvalue weighted by molar-refractivity contribution is 0.132. The second-order valence-corrected chi connectivity index (χ2v) is 8.74. The van der Waals surface area contributed by atoms with Crippen molar-refractivity contribution in [3.8, 4) is 11.5 Å². The summed E-state index contributed by atoms with van der Waals surface area (Å²) in [6, 6.07) is 3.63. The lowest BCUT2D eigenvalue weighted by atomic mass is 9.75. The quantitative estimate of drug-likeness (QED) is 0.723. The van der Waals surface area contributed by atoms with E-state index in [0.29, 0.717) is 44.3 Å². The molecule has 0 aromatic carbocycles. The maximum absolute atomic E-state index is 12.2. The molecule has 3 rings (SSSR count). The highest BCUT2D eigenvalue weighted by Gasteiger charge is 2.42. The Labute approximate surface area is 153 Å². The molecular weight excluding hydrogens is 356 g/mol. The third-order valence-corrected chi connectivity index (χ3v) is 6.93. The number of methoxy groups -OCH3 is 1.